The summed E-state index contributed by atoms with van der Waals surface area (Å²) in [6.45, 7) is 2.04. The Labute approximate surface area is 286 Å². The maximum absolute atomic E-state index is 13.5. The molecule has 1 heterocycles. The minimum absolute atomic E-state index is 0.0520. The molecule has 0 aliphatic carbocycles. The van der Waals surface area contributed by atoms with Gasteiger partial charge in [0.05, 0.1) is 24.5 Å². The van der Waals surface area contributed by atoms with Crippen LogP contribution in [0.2, 0.25) is 0 Å². The third-order valence-corrected chi connectivity index (χ3v) is 8.59. The van der Waals surface area contributed by atoms with Gasteiger partial charge in [0.25, 0.3) is 11.8 Å². The third-order valence-electron chi connectivity index (χ3n) is 6.77. The van der Waals surface area contributed by atoms with E-state index in [1.807, 2.05) is 60.7 Å². The number of aromatic nitrogens is 1. The molecule has 48 heavy (non-hydrogen) atoms. The van der Waals surface area contributed by atoms with Crippen LogP contribution in [0.25, 0.3) is 17.2 Å². The van der Waals surface area contributed by atoms with Gasteiger partial charge in [0.1, 0.15) is 5.70 Å². The Kier molecular flexibility index (Phi) is 11.9. The second-order valence-electron chi connectivity index (χ2n) is 10.3. The number of thiazole rings is 1. The van der Waals surface area contributed by atoms with Gasteiger partial charge in [-0.2, -0.15) is 0 Å². The number of ether oxygens (including phenoxy) is 1. The van der Waals surface area contributed by atoms with Crippen LogP contribution in [-0.2, 0) is 25.5 Å². The van der Waals surface area contributed by atoms with E-state index in [0.29, 0.717) is 28.7 Å². The molecule has 0 saturated carbocycles. The molecule has 5 aromatic rings. The second-order valence-corrected chi connectivity index (χ2v) is 12.2. The molecule has 1 aromatic heterocycles. The summed E-state index contributed by atoms with van der Waals surface area (Å²) in [7, 11) is 0. The fraction of sp³-hybridized carbons (Fsp3) is 0.108. The first-order chi connectivity index (χ1) is 23.4. The number of nitrogens with zero attached hydrogens (tertiary/aromatic N) is 1. The van der Waals surface area contributed by atoms with Crippen LogP contribution < -0.4 is 16.0 Å². The number of nitrogens with one attached hydrogen (secondary N) is 3. The molecule has 0 atom stereocenters. The van der Waals surface area contributed by atoms with Crippen molar-refractivity contribution in [2.75, 3.05) is 23.0 Å². The highest BCUT2D eigenvalue weighted by atomic mass is 32.2. The number of hydrogen-bond acceptors (Lipinski definition) is 8. The Morgan fingerprint density at radius 3 is 2.17 bits per heavy atom. The molecular formula is C37H32N4O5S2. The van der Waals surface area contributed by atoms with Gasteiger partial charge in [-0.3, -0.25) is 19.2 Å². The van der Waals surface area contributed by atoms with Crippen LogP contribution >= 0.6 is 23.1 Å². The highest BCUT2D eigenvalue weighted by Gasteiger charge is 2.16. The standard InChI is InChI=1S/C37H32N4O5S2/c1-2-46-34(43)22-30-23-48-37(39-30)41-33(42)24-47-31-19-17-29(18-20-31)38-36(45)32(40-35(44)28-11-7-4-8-12-28)21-25-13-15-27(16-14-25)26-9-5-3-6-10-26/h3-21,23H,2,22,24H2,1H3,(H,38,45)(H,40,44)(H,39,41,42)/b32-21-. The Bertz CT molecular complexity index is 1890. The van der Waals surface area contributed by atoms with Crippen molar-refractivity contribution in [3.63, 3.8) is 0 Å². The quantitative estimate of drug-likeness (QED) is 0.0693. The summed E-state index contributed by atoms with van der Waals surface area (Å²) in [5.41, 5.74) is 4.42. The van der Waals surface area contributed by atoms with E-state index in [-0.39, 0.29) is 29.7 Å². The van der Waals surface area contributed by atoms with Crippen LogP contribution in [0.4, 0.5) is 10.8 Å². The Morgan fingerprint density at radius 1 is 0.812 bits per heavy atom. The number of carbonyl (C=O) groups excluding carboxylic acids is 4. The molecule has 3 N–H and O–H groups in total. The lowest BCUT2D eigenvalue weighted by Crippen LogP contribution is -2.30. The van der Waals surface area contributed by atoms with Gasteiger partial charge >= 0.3 is 5.97 Å². The van der Waals surface area contributed by atoms with E-state index in [1.54, 1.807) is 66.9 Å². The number of carbonyl (C=O) groups is 4. The molecule has 3 amide bonds. The largest absolute Gasteiger partial charge is 0.466 e. The van der Waals surface area contributed by atoms with Crippen LogP contribution in [0.15, 0.2) is 125 Å². The van der Waals surface area contributed by atoms with Gasteiger partial charge in [-0.05, 0) is 66.1 Å². The lowest BCUT2D eigenvalue weighted by Gasteiger charge is -2.12. The summed E-state index contributed by atoms with van der Waals surface area (Å²) in [5, 5.41) is 10.5. The van der Waals surface area contributed by atoms with Crippen molar-refractivity contribution in [3.05, 3.63) is 137 Å². The van der Waals surface area contributed by atoms with Crippen molar-refractivity contribution >= 4 is 63.7 Å². The number of rotatable bonds is 13. The monoisotopic (exact) mass is 676 g/mol. The Hall–Kier alpha value is -5.52. The average molecular weight is 677 g/mol. The predicted octanol–water partition coefficient (Wildman–Crippen LogP) is 7.06. The highest BCUT2D eigenvalue weighted by Crippen LogP contribution is 2.23. The molecule has 0 radical (unpaired) electrons. The van der Waals surface area contributed by atoms with Crippen LogP contribution in [0.1, 0.15) is 28.5 Å². The molecule has 5 rings (SSSR count). The van der Waals surface area contributed by atoms with E-state index >= 15 is 0 Å². The molecule has 0 aliphatic rings. The van der Waals surface area contributed by atoms with E-state index in [1.165, 1.54) is 23.1 Å². The molecule has 9 nitrogen and oxygen atoms in total. The van der Waals surface area contributed by atoms with Crippen LogP contribution in [0.3, 0.4) is 0 Å². The number of benzene rings is 4. The van der Waals surface area contributed by atoms with E-state index in [2.05, 4.69) is 20.9 Å². The normalized spacial score (nSPS) is 11.0. The number of esters is 1. The predicted molar refractivity (Wildman–Crippen MR) is 191 cm³/mol. The summed E-state index contributed by atoms with van der Waals surface area (Å²) in [5.74, 6) is -1.36. The molecule has 0 saturated heterocycles. The van der Waals surface area contributed by atoms with Crippen molar-refractivity contribution in [2.24, 2.45) is 0 Å². The van der Waals surface area contributed by atoms with E-state index in [9.17, 15) is 19.2 Å². The van der Waals surface area contributed by atoms with Gasteiger partial charge in [-0.25, -0.2) is 4.98 Å². The van der Waals surface area contributed by atoms with Crippen molar-refractivity contribution in [1.82, 2.24) is 10.3 Å². The molecule has 0 bridgehead atoms. The fourth-order valence-corrected chi connectivity index (χ4v) is 5.88. The number of anilines is 2. The van der Waals surface area contributed by atoms with E-state index < -0.39 is 11.8 Å². The van der Waals surface area contributed by atoms with Crippen LogP contribution in [0, 0.1) is 0 Å². The third kappa shape index (κ3) is 9.99. The van der Waals surface area contributed by atoms with E-state index in [0.717, 1.165) is 21.6 Å². The number of hydrogen-bond donors (Lipinski definition) is 3. The zero-order valence-electron chi connectivity index (χ0n) is 26.0. The molecule has 0 unspecified atom stereocenters. The minimum atomic E-state index is -0.489. The van der Waals surface area contributed by atoms with Gasteiger partial charge in [0.15, 0.2) is 5.13 Å². The second kappa shape index (κ2) is 16.9. The van der Waals surface area contributed by atoms with Gasteiger partial charge in [-0.15, -0.1) is 23.1 Å². The van der Waals surface area contributed by atoms with Crippen LogP contribution in [0.5, 0.6) is 0 Å². The average Bonchev–Trinajstić information content (AvgIpc) is 3.54. The minimum Gasteiger partial charge on any atom is -0.466 e. The van der Waals surface area contributed by atoms with Crippen molar-refractivity contribution < 1.29 is 23.9 Å². The SMILES string of the molecule is CCOC(=O)Cc1csc(NC(=O)CSc2ccc(NC(=O)/C(=C/c3ccc(-c4ccccc4)cc3)NC(=O)c3ccccc3)cc2)n1. The first kappa shape index (κ1) is 33.8. The summed E-state index contributed by atoms with van der Waals surface area (Å²) >= 11 is 2.56. The summed E-state index contributed by atoms with van der Waals surface area (Å²) < 4.78 is 4.93. The zero-order chi connectivity index (χ0) is 33.7. The van der Waals surface area contributed by atoms with Gasteiger partial charge < -0.3 is 20.7 Å². The molecule has 0 fully saturated rings. The smallest absolute Gasteiger partial charge is 0.311 e. The van der Waals surface area contributed by atoms with Crippen molar-refractivity contribution in [2.45, 2.75) is 18.2 Å². The highest BCUT2D eigenvalue weighted by molar-refractivity contribution is 8.00. The maximum Gasteiger partial charge on any atom is 0.311 e. The molecule has 4 aromatic carbocycles. The fourth-order valence-electron chi connectivity index (χ4n) is 4.45. The van der Waals surface area contributed by atoms with Gasteiger partial charge in [0, 0.05) is 21.5 Å². The van der Waals surface area contributed by atoms with E-state index in [4.69, 9.17) is 4.74 Å². The Balaban J connectivity index is 1.20. The first-order valence-electron chi connectivity index (χ1n) is 15.0. The number of amides is 3. The lowest BCUT2D eigenvalue weighted by molar-refractivity contribution is -0.142. The molecule has 0 aliphatic heterocycles. The lowest BCUT2D eigenvalue weighted by atomic mass is 10.0. The number of thioether (sulfide) groups is 1. The zero-order valence-corrected chi connectivity index (χ0v) is 27.6. The summed E-state index contributed by atoms with van der Waals surface area (Å²) in [4.78, 5) is 55.7. The topological polar surface area (TPSA) is 126 Å². The van der Waals surface area contributed by atoms with Gasteiger partial charge in [-0.1, -0.05) is 72.8 Å². The van der Waals surface area contributed by atoms with Crippen molar-refractivity contribution in [1.29, 1.82) is 0 Å². The Morgan fingerprint density at radius 2 is 1.48 bits per heavy atom. The molecule has 242 valence electrons. The molecular weight excluding hydrogens is 645 g/mol. The maximum atomic E-state index is 13.5. The molecule has 11 heteroatoms. The summed E-state index contributed by atoms with van der Waals surface area (Å²) in [6, 6.07) is 33.4. The van der Waals surface area contributed by atoms with Crippen molar-refractivity contribution in [3.8, 4) is 11.1 Å². The summed E-state index contributed by atoms with van der Waals surface area (Å²) in [6.07, 6.45) is 1.69. The first-order valence-corrected chi connectivity index (χ1v) is 16.9. The van der Waals surface area contributed by atoms with Crippen LogP contribution in [-0.4, -0.2) is 41.0 Å². The molecule has 0 spiro atoms. The van der Waals surface area contributed by atoms with Gasteiger partial charge in [0.2, 0.25) is 5.91 Å².